The Bertz CT molecular complexity index is 1040. The smallest absolute Gasteiger partial charge is 0.308 e. The van der Waals surface area contributed by atoms with Crippen LogP contribution in [0.2, 0.25) is 0 Å². The van der Waals surface area contributed by atoms with Crippen molar-refractivity contribution in [3.8, 4) is 5.75 Å². The van der Waals surface area contributed by atoms with Gasteiger partial charge in [0.15, 0.2) is 6.29 Å². The van der Waals surface area contributed by atoms with Gasteiger partial charge in [-0.25, -0.2) is 0 Å². The standard InChI is InChI=1S/C24H28O10/c1-10-15(25)5-8-19(33-10)34-16-6-7-17(32-11(16)2)12-3-4-13-20(21(12)28)22(29)14(9-18(26)27)24(31)23(13)30/h3-4,10-11,15-17,19,25,28-29H,5-9H2,1-2H3,(H,26,27)/t10-,11+,15-,16+,17+,19-/m0/s1. The number of hydrogen-bond donors (Lipinski definition) is 4. The summed E-state index contributed by atoms with van der Waals surface area (Å²) >= 11 is 0. The van der Waals surface area contributed by atoms with E-state index in [9.17, 15) is 29.7 Å². The fourth-order valence-electron chi connectivity index (χ4n) is 4.74. The van der Waals surface area contributed by atoms with Crippen molar-refractivity contribution in [3.63, 3.8) is 0 Å². The predicted molar refractivity (Wildman–Crippen MR) is 116 cm³/mol. The Hall–Kier alpha value is -2.79. The van der Waals surface area contributed by atoms with Gasteiger partial charge in [-0.1, -0.05) is 6.07 Å². The number of aliphatic hydroxyl groups excluding tert-OH is 2. The third kappa shape index (κ3) is 4.46. The van der Waals surface area contributed by atoms with E-state index in [1.54, 1.807) is 6.92 Å². The van der Waals surface area contributed by atoms with E-state index < -0.39 is 59.5 Å². The van der Waals surface area contributed by atoms with E-state index in [4.69, 9.17) is 19.3 Å². The summed E-state index contributed by atoms with van der Waals surface area (Å²) in [7, 11) is 0. The number of Topliss-reactive ketones (excluding diaryl/α,β-unsaturated/α-hetero) is 2. The molecule has 34 heavy (non-hydrogen) atoms. The van der Waals surface area contributed by atoms with E-state index in [0.717, 1.165) is 0 Å². The summed E-state index contributed by atoms with van der Waals surface area (Å²) in [5, 5.41) is 40.3. The number of carbonyl (C=O) groups is 3. The maximum Gasteiger partial charge on any atom is 0.308 e. The maximum atomic E-state index is 12.4. The van der Waals surface area contributed by atoms with Crippen LogP contribution in [0.4, 0.5) is 0 Å². The average molecular weight is 476 g/mol. The monoisotopic (exact) mass is 476 g/mol. The van der Waals surface area contributed by atoms with Gasteiger partial charge in [0.05, 0.1) is 48.1 Å². The molecule has 2 saturated heterocycles. The molecule has 0 amide bonds. The highest BCUT2D eigenvalue weighted by Gasteiger charge is 2.39. The summed E-state index contributed by atoms with van der Waals surface area (Å²) < 4.78 is 17.9. The molecule has 0 bridgehead atoms. The van der Waals surface area contributed by atoms with Crippen LogP contribution in [0.5, 0.6) is 5.75 Å². The van der Waals surface area contributed by atoms with Gasteiger partial charge in [0.2, 0.25) is 11.6 Å². The van der Waals surface area contributed by atoms with Crippen LogP contribution >= 0.6 is 0 Å². The number of aromatic hydroxyl groups is 1. The van der Waals surface area contributed by atoms with Gasteiger partial charge in [-0.05, 0) is 39.2 Å². The van der Waals surface area contributed by atoms with Crippen LogP contribution < -0.4 is 0 Å². The SMILES string of the molecule is C[C@@H]1O[C@@H](O[C@@H]2CC[C@H](c3ccc4c(c3O)C(O)=C(CC(=O)O)C(=O)C4=O)O[C@@H]2C)CC[C@@H]1O. The molecule has 4 N–H and O–H groups in total. The minimum absolute atomic E-state index is 0.186. The first-order chi connectivity index (χ1) is 16.1. The van der Waals surface area contributed by atoms with E-state index >= 15 is 0 Å². The van der Waals surface area contributed by atoms with Crippen molar-refractivity contribution in [2.75, 3.05) is 0 Å². The third-order valence-electron chi connectivity index (χ3n) is 6.68. The second-order valence-corrected chi connectivity index (χ2v) is 8.98. The van der Waals surface area contributed by atoms with Crippen molar-refractivity contribution in [1.29, 1.82) is 0 Å². The molecule has 0 unspecified atom stereocenters. The number of carboxylic acids is 1. The van der Waals surface area contributed by atoms with Gasteiger partial charge in [0, 0.05) is 17.5 Å². The Morgan fingerprint density at radius 1 is 1.03 bits per heavy atom. The van der Waals surface area contributed by atoms with Gasteiger partial charge >= 0.3 is 5.97 Å². The number of phenolic OH excluding ortho intramolecular Hbond substituents is 1. The lowest BCUT2D eigenvalue weighted by Crippen LogP contribution is -2.43. The molecule has 10 heteroatoms. The van der Waals surface area contributed by atoms with Crippen LogP contribution in [0, 0.1) is 0 Å². The van der Waals surface area contributed by atoms with E-state index in [1.165, 1.54) is 12.1 Å². The fraction of sp³-hybridized carbons (Fsp3) is 0.542. The molecule has 6 atom stereocenters. The van der Waals surface area contributed by atoms with Crippen LogP contribution in [-0.2, 0) is 23.8 Å². The Balaban J connectivity index is 1.53. The summed E-state index contributed by atoms with van der Waals surface area (Å²) in [6.45, 7) is 3.62. The minimum Gasteiger partial charge on any atom is -0.507 e. The van der Waals surface area contributed by atoms with Crippen molar-refractivity contribution in [2.24, 2.45) is 0 Å². The number of hydrogen-bond acceptors (Lipinski definition) is 9. The number of aliphatic carboxylic acids is 1. The molecule has 184 valence electrons. The second-order valence-electron chi connectivity index (χ2n) is 8.98. The first-order valence-electron chi connectivity index (χ1n) is 11.3. The summed E-state index contributed by atoms with van der Waals surface area (Å²) in [6.07, 6.45) is -1.11. The quantitative estimate of drug-likeness (QED) is 0.465. The number of carbonyl (C=O) groups excluding carboxylic acids is 2. The number of phenols is 1. The molecule has 1 aliphatic carbocycles. The molecule has 0 spiro atoms. The molecule has 2 heterocycles. The average Bonchev–Trinajstić information content (AvgIpc) is 2.78. The summed E-state index contributed by atoms with van der Waals surface area (Å²) in [4.78, 5) is 35.8. The van der Waals surface area contributed by atoms with Gasteiger partial charge in [0.1, 0.15) is 11.5 Å². The van der Waals surface area contributed by atoms with Crippen molar-refractivity contribution in [2.45, 2.75) is 82.8 Å². The van der Waals surface area contributed by atoms with Crippen LogP contribution in [0.1, 0.15) is 73.5 Å². The molecule has 1 aromatic rings. The summed E-state index contributed by atoms with van der Waals surface area (Å²) in [5.41, 5.74) is -0.682. The Labute approximate surface area is 195 Å². The zero-order valence-electron chi connectivity index (χ0n) is 18.9. The lowest BCUT2D eigenvalue weighted by molar-refractivity contribution is -0.260. The molecule has 4 rings (SSSR count). The molecule has 2 fully saturated rings. The van der Waals surface area contributed by atoms with E-state index in [1.807, 2.05) is 6.92 Å². The number of ether oxygens (including phenoxy) is 3. The number of carboxylic acid groups (broad SMARTS) is 1. The Morgan fingerprint density at radius 3 is 2.41 bits per heavy atom. The van der Waals surface area contributed by atoms with Crippen molar-refractivity contribution in [1.82, 2.24) is 0 Å². The van der Waals surface area contributed by atoms with Crippen molar-refractivity contribution < 1.29 is 49.0 Å². The van der Waals surface area contributed by atoms with Gasteiger partial charge in [0.25, 0.3) is 0 Å². The van der Waals surface area contributed by atoms with Crippen LogP contribution in [0.3, 0.4) is 0 Å². The van der Waals surface area contributed by atoms with E-state index in [-0.39, 0.29) is 29.4 Å². The lowest BCUT2D eigenvalue weighted by Gasteiger charge is -2.39. The largest absolute Gasteiger partial charge is 0.507 e. The summed E-state index contributed by atoms with van der Waals surface area (Å²) in [6, 6.07) is 2.80. The Morgan fingerprint density at radius 2 is 1.76 bits per heavy atom. The van der Waals surface area contributed by atoms with Crippen molar-refractivity contribution in [3.05, 3.63) is 34.4 Å². The highest BCUT2D eigenvalue weighted by molar-refractivity contribution is 6.52. The number of fused-ring (bicyclic) bond motifs is 1. The topological polar surface area (TPSA) is 160 Å². The first kappa shape index (κ1) is 24.3. The first-order valence-corrected chi connectivity index (χ1v) is 11.3. The highest BCUT2D eigenvalue weighted by atomic mass is 16.7. The minimum atomic E-state index is -1.39. The van der Waals surface area contributed by atoms with Crippen molar-refractivity contribution >= 4 is 23.3 Å². The molecule has 0 radical (unpaired) electrons. The van der Waals surface area contributed by atoms with Gasteiger partial charge < -0.3 is 34.6 Å². The van der Waals surface area contributed by atoms with Crippen LogP contribution in [-0.4, -0.2) is 68.7 Å². The molecule has 3 aliphatic rings. The van der Waals surface area contributed by atoms with Gasteiger partial charge in [-0.3, -0.25) is 14.4 Å². The fourth-order valence-corrected chi connectivity index (χ4v) is 4.74. The lowest BCUT2D eigenvalue weighted by atomic mass is 9.84. The molecule has 10 nitrogen and oxygen atoms in total. The summed E-state index contributed by atoms with van der Waals surface area (Å²) in [5.74, 6) is -4.60. The van der Waals surface area contributed by atoms with Gasteiger partial charge in [-0.2, -0.15) is 0 Å². The van der Waals surface area contributed by atoms with Gasteiger partial charge in [-0.15, -0.1) is 0 Å². The number of ketones is 2. The second kappa shape index (κ2) is 9.46. The molecular formula is C24H28O10. The molecule has 2 aliphatic heterocycles. The van der Waals surface area contributed by atoms with Crippen LogP contribution in [0.25, 0.3) is 5.76 Å². The predicted octanol–water partition coefficient (Wildman–Crippen LogP) is 2.41. The number of rotatable bonds is 5. The molecule has 0 saturated carbocycles. The molecule has 1 aromatic carbocycles. The zero-order valence-corrected chi connectivity index (χ0v) is 18.9. The number of aliphatic hydroxyl groups is 2. The molecule has 0 aromatic heterocycles. The van der Waals surface area contributed by atoms with Crippen LogP contribution in [0.15, 0.2) is 17.7 Å². The Kier molecular flexibility index (Phi) is 6.77. The number of benzene rings is 1. The van der Waals surface area contributed by atoms with E-state index in [0.29, 0.717) is 31.2 Å². The zero-order chi connectivity index (χ0) is 24.7. The molecular weight excluding hydrogens is 448 g/mol. The maximum absolute atomic E-state index is 12.4. The third-order valence-corrected chi connectivity index (χ3v) is 6.68. The van der Waals surface area contributed by atoms with E-state index in [2.05, 4.69) is 0 Å². The normalized spacial score (nSPS) is 32.0. The highest BCUT2D eigenvalue weighted by Crippen LogP contribution is 2.43.